The molecule has 0 radical (unpaired) electrons. The van der Waals surface area contributed by atoms with Crippen molar-refractivity contribution in [2.24, 2.45) is 0 Å². The molecule has 0 bridgehead atoms. The summed E-state index contributed by atoms with van der Waals surface area (Å²) in [7, 11) is 1.28. The number of alkyl halides is 1. The Morgan fingerprint density at radius 1 is 0.871 bits per heavy atom. The van der Waals surface area contributed by atoms with Crippen LogP contribution in [-0.4, -0.2) is 48.5 Å². The summed E-state index contributed by atoms with van der Waals surface area (Å²) in [5.41, 5.74) is 1.84. The van der Waals surface area contributed by atoms with Gasteiger partial charge in [0, 0.05) is 6.92 Å². The number of hydrogen-bond donors (Lipinski definition) is 0. The third-order valence-electron chi connectivity index (χ3n) is 4.79. The van der Waals surface area contributed by atoms with Gasteiger partial charge < -0.3 is 23.7 Å². The summed E-state index contributed by atoms with van der Waals surface area (Å²) >= 11 is 3.37. The van der Waals surface area contributed by atoms with Crippen molar-refractivity contribution in [1.82, 2.24) is 0 Å². The fraction of sp³-hybridized carbons (Fsp3) is 0.391. The average molecular weight is 493 g/mol. The van der Waals surface area contributed by atoms with Crippen LogP contribution < -0.4 is 0 Å². The van der Waals surface area contributed by atoms with Gasteiger partial charge in [-0.3, -0.25) is 4.79 Å². The van der Waals surface area contributed by atoms with E-state index in [2.05, 4.69) is 15.9 Å². The normalized spacial score (nSPS) is 25.6. The minimum atomic E-state index is -1.06. The highest BCUT2D eigenvalue weighted by Gasteiger charge is 2.51. The molecule has 2 aromatic rings. The monoisotopic (exact) mass is 492 g/mol. The minimum absolute atomic E-state index is 0.216. The van der Waals surface area contributed by atoms with Gasteiger partial charge >= 0.3 is 11.9 Å². The molecule has 0 aliphatic carbocycles. The van der Waals surface area contributed by atoms with E-state index in [4.69, 9.17) is 23.7 Å². The van der Waals surface area contributed by atoms with E-state index < -0.39 is 41.4 Å². The van der Waals surface area contributed by atoms with Crippen LogP contribution in [0.1, 0.15) is 18.1 Å². The number of ether oxygens (including phenoxy) is 5. The molecule has 166 valence electrons. The van der Waals surface area contributed by atoms with Crippen molar-refractivity contribution in [2.75, 3.05) is 7.11 Å². The molecular formula is C23H25BrO7. The Hall–Kier alpha value is -2.26. The summed E-state index contributed by atoms with van der Waals surface area (Å²) in [6.45, 7) is 1.76. The highest BCUT2D eigenvalue weighted by Crippen LogP contribution is 2.32. The third-order valence-corrected chi connectivity index (χ3v) is 5.52. The predicted octanol–water partition coefficient (Wildman–Crippen LogP) is 3.38. The molecule has 1 saturated heterocycles. The van der Waals surface area contributed by atoms with Gasteiger partial charge in [-0.2, -0.15) is 0 Å². The number of rotatable bonds is 8. The number of hydrogen-bond acceptors (Lipinski definition) is 7. The Labute approximate surface area is 189 Å². The zero-order valence-corrected chi connectivity index (χ0v) is 18.9. The highest BCUT2D eigenvalue weighted by molar-refractivity contribution is 9.09. The molecule has 5 atom stereocenters. The summed E-state index contributed by atoms with van der Waals surface area (Å²) in [6.07, 6.45) is -3.54. The lowest BCUT2D eigenvalue weighted by atomic mass is 9.98. The maximum Gasteiger partial charge on any atom is 0.337 e. The number of methoxy groups -OCH3 is 1. The molecule has 1 aliphatic heterocycles. The van der Waals surface area contributed by atoms with Crippen molar-refractivity contribution in [3.63, 3.8) is 0 Å². The lowest BCUT2D eigenvalue weighted by Gasteiger charge is -2.43. The fourth-order valence-corrected chi connectivity index (χ4v) is 3.97. The molecule has 0 N–H and O–H groups in total. The summed E-state index contributed by atoms with van der Waals surface area (Å²) < 4.78 is 28.5. The van der Waals surface area contributed by atoms with Gasteiger partial charge in [-0.05, 0) is 11.1 Å². The Bertz CT molecular complexity index is 846. The number of halogens is 1. The third kappa shape index (κ3) is 6.36. The number of carbonyl (C=O) groups is 2. The van der Waals surface area contributed by atoms with E-state index >= 15 is 0 Å². The van der Waals surface area contributed by atoms with Crippen LogP contribution in [0.3, 0.4) is 0 Å². The van der Waals surface area contributed by atoms with Crippen LogP contribution in [0.2, 0.25) is 0 Å². The van der Waals surface area contributed by atoms with Gasteiger partial charge in [-0.25, -0.2) is 4.79 Å². The molecule has 0 spiro atoms. The van der Waals surface area contributed by atoms with Crippen LogP contribution in [0.25, 0.3) is 0 Å². The smallest absolute Gasteiger partial charge is 0.337 e. The van der Waals surface area contributed by atoms with E-state index in [9.17, 15) is 9.59 Å². The Kier molecular flexibility index (Phi) is 8.60. The molecule has 0 unspecified atom stereocenters. The van der Waals surface area contributed by atoms with Gasteiger partial charge in [0.1, 0.15) is 12.2 Å². The van der Waals surface area contributed by atoms with Crippen molar-refractivity contribution in [1.29, 1.82) is 0 Å². The topological polar surface area (TPSA) is 80.3 Å². The molecule has 2 aromatic carbocycles. The van der Waals surface area contributed by atoms with Crippen LogP contribution in [0, 0.1) is 0 Å². The number of esters is 2. The summed E-state index contributed by atoms with van der Waals surface area (Å²) in [5.74, 6) is -1.10. The second-order valence-electron chi connectivity index (χ2n) is 7.03. The summed E-state index contributed by atoms with van der Waals surface area (Å²) in [4.78, 5) is 24.2. The number of benzene rings is 2. The minimum Gasteiger partial charge on any atom is -0.467 e. The van der Waals surface area contributed by atoms with Crippen LogP contribution in [-0.2, 0) is 46.5 Å². The maximum absolute atomic E-state index is 12.5. The molecule has 31 heavy (non-hydrogen) atoms. The molecule has 7 nitrogen and oxygen atoms in total. The van der Waals surface area contributed by atoms with E-state index in [0.717, 1.165) is 11.1 Å². The first-order valence-corrected chi connectivity index (χ1v) is 10.8. The maximum atomic E-state index is 12.5. The van der Waals surface area contributed by atoms with Crippen molar-refractivity contribution < 1.29 is 33.3 Å². The van der Waals surface area contributed by atoms with E-state index in [1.54, 1.807) is 0 Å². The van der Waals surface area contributed by atoms with Gasteiger partial charge in [0.2, 0.25) is 0 Å². The molecular weight excluding hydrogens is 468 g/mol. The van der Waals surface area contributed by atoms with Gasteiger partial charge in [0.25, 0.3) is 0 Å². The molecule has 3 rings (SSSR count). The van der Waals surface area contributed by atoms with Crippen molar-refractivity contribution >= 4 is 27.9 Å². The number of carbonyl (C=O) groups excluding carboxylic acids is 2. The Morgan fingerprint density at radius 2 is 1.39 bits per heavy atom. The van der Waals surface area contributed by atoms with Gasteiger partial charge in [-0.1, -0.05) is 76.6 Å². The van der Waals surface area contributed by atoms with Crippen molar-refractivity contribution in [2.45, 2.75) is 49.6 Å². The first-order valence-electron chi connectivity index (χ1n) is 9.85. The lowest BCUT2D eigenvalue weighted by molar-refractivity contribution is -0.242. The molecule has 0 amide bonds. The summed E-state index contributed by atoms with van der Waals surface area (Å²) in [6, 6.07) is 19.1. The van der Waals surface area contributed by atoms with E-state index in [0.29, 0.717) is 0 Å². The second-order valence-corrected chi connectivity index (χ2v) is 7.93. The molecule has 1 fully saturated rings. The molecule has 1 aliphatic rings. The molecule has 0 aromatic heterocycles. The summed E-state index contributed by atoms with van der Waals surface area (Å²) in [5, 5.41) is -0.780. The Morgan fingerprint density at radius 3 is 1.87 bits per heavy atom. The predicted molar refractivity (Wildman–Crippen MR) is 115 cm³/mol. The highest BCUT2D eigenvalue weighted by atomic mass is 79.9. The standard InChI is InChI=1S/C23H25BrO7/c1-15(25)30-20-18(28-13-16-9-5-3-6-10-16)19(21(23(26)27-2)31-22(20)24)29-14-17-11-7-4-8-12-17/h3-12,18-22H,13-14H2,1-2H3/t18-,19-,20+,21-,22-/m0/s1. The quantitative estimate of drug-likeness (QED) is 0.412. The average Bonchev–Trinajstić information content (AvgIpc) is 2.79. The first kappa shape index (κ1) is 23.4. The van der Waals surface area contributed by atoms with E-state index in [-0.39, 0.29) is 13.2 Å². The van der Waals surface area contributed by atoms with E-state index in [1.165, 1.54) is 14.0 Å². The van der Waals surface area contributed by atoms with Crippen molar-refractivity contribution in [3.8, 4) is 0 Å². The van der Waals surface area contributed by atoms with Crippen LogP contribution >= 0.6 is 15.9 Å². The van der Waals surface area contributed by atoms with Crippen molar-refractivity contribution in [3.05, 3.63) is 71.8 Å². The van der Waals surface area contributed by atoms with E-state index in [1.807, 2.05) is 60.7 Å². The fourth-order valence-electron chi connectivity index (χ4n) is 3.33. The zero-order valence-electron chi connectivity index (χ0n) is 17.3. The van der Waals surface area contributed by atoms with Crippen LogP contribution in [0.5, 0.6) is 0 Å². The Balaban J connectivity index is 1.87. The van der Waals surface area contributed by atoms with Crippen LogP contribution in [0.15, 0.2) is 60.7 Å². The molecule has 0 saturated carbocycles. The molecule has 8 heteroatoms. The second kappa shape index (κ2) is 11.4. The molecule has 1 heterocycles. The zero-order chi connectivity index (χ0) is 22.2. The first-order chi connectivity index (χ1) is 15.0. The van der Waals surface area contributed by atoms with Gasteiger partial charge in [0.05, 0.1) is 20.3 Å². The van der Waals surface area contributed by atoms with Gasteiger partial charge in [0.15, 0.2) is 17.2 Å². The van der Waals surface area contributed by atoms with Crippen LogP contribution in [0.4, 0.5) is 0 Å². The largest absolute Gasteiger partial charge is 0.467 e. The SMILES string of the molecule is COC(=O)[C@H]1O[C@H](Br)[C@H](OC(C)=O)[C@@H](OCc2ccccc2)[C@@H]1OCc1ccccc1. The van der Waals surface area contributed by atoms with Gasteiger partial charge in [-0.15, -0.1) is 0 Å². The lowest BCUT2D eigenvalue weighted by Crippen LogP contribution is -2.61.